The second-order valence-corrected chi connectivity index (χ2v) is 4.36. The quantitative estimate of drug-likeness (QED) is 0.917. The maximum absolute atomic E-state index is 12.4. The van der Waals surface area contributed by atoms with Crippen LogP contribution in [0.15, 0.2) is 40.8 Å². The molecule has 0 spiro atoms. The third-order valence-corrected chi connectivity index (χ3v) is 2.95. The molecule has 100 valence electrons. The van der Waals surface area contributed by atoms with Crippen molar-refractivity contribution in [3.63, 3.8) is 0 Å². The van der Waals surface area contributed by atoms with Gasteiger partial charge in [-0.25, -0.2) is 0 Å². The van der Waals surface area contributed by atoms with Gasteiger partial charge in [0.1, 0.15) is 5.76 Å². The van der Waals surface area contributed by atoms with Gasteiger partial charge in [-0.1, -0.05) is 12.1 Å². The van der Waals surface area contributed by atoms with E-state index in [2.05, 4.69) is 0 Å². The van der Waals surface area contributed by atoms with E-state index in [0.29, 0.717) is 24.6 Å². The Balaban J connectivity index is 2.29. The largest absolute Gasteiger partial charge is 0.455 e. The predicted molar refractivity (Wildman–Crippen MR) is 75.1 cm³/mol. The lowest BCUT2D eigenvalue weighted by Crippen LogP contribution is -2.30. The summed E-state index contributed by atoms with van der Waals surface area (Å²) >= 11 is 0. The second kappa shape index (κ2) is 5.71. The van der Waals surface area contributed by atoms with Gasteiger partial charge in [0.15, 0.2) is 5.76 Å². The van der Waals surface area contributed by atoms with Crippen molar-refractivity contribution in [2.45, 2.75) is 20.4 Å². The standard InChI is InChI=1S/C15H18N2O2/c1-3-17(12-6-4-5-11(2)9-12)15(18)14-8-7-13(10-16)19-14/h4-9H,3,10,16H2,1-2H3. The van der Waals surface area contributed by atoms with Gasteiger partial charge >= 0.3 is 0 Å². The summed E-state index contributed by atoms with van der Waals surface area (Å²) in [5.74, 6) is 0.792. The van der Waals surface area contributed by atoms with E-state index in [1.165, 1.54) is 0 Å². The fourth-order valence-electron chi connectivity index (χ4n) is 1.97. The second-order valence-electron chi connectivity index (χ2n) is 4.36. The first-order valence-corrected chi connectivity index (χ1v) is 6.33. The molecule has 1 heterocycles. The molecular formula is C15H18N2O2. The predicted octanol–water partition coefficient (Wildman–Crippen LogP) is 2.71. The lowest BCUT2D eigenvalue weighted by Gasteiger charge is -2.20. The molecule has 0 saturated heterocycles. The smallest absolute Gasteiger partial charge is 0.293 e. The highest BCUT2D eigenvalue weighted by Gasteiger charge is 2.19. The zero-order valence-electron chi connectivity index (χ0n) is 11.2. The van der Waals surface area contributed by atoms with Crippen LogP contribution in [0.25, 0.3) is 0 Å². The molecule has 0 aliphatic carbocycles. The van der Waals surface area contributed by atoms with Gasteiger partial charge in [0.05, 0.1) is 6.54 Å². The summed E-state index contributed by atoms with van der Waals surface area (Å²) in [4.78, 5) is 14.1. The summed E-state index contributed by atoms with van der Waals surface area (Å²) in [6.45, 7) is 4.82. The first kappa shape index (κ1) is 13.4. The van der Waals surface area contributed by atoms with Gasteiger partial charge < -0.3 is 15.1 Å². The van der Waals surface area contributed by atoms with Crippen LogP contribution in [0.5, 0.6) is 0 Å². The number of carbonyl (C=O) groups excluding carboxylic acids is 1. The molecule has 4 nitrogen and oxygen atoms in total. The van der Waals surface area contributed by atoms with Crippen LogP contribution < -0.4 is 10.6 Å². The molecule has 0 fully saturated rings. The molecule has 1 amide bonds. The van der Waals surface area contributed by atoms with Crippen LogP contribution in [-0.4, -0.2) is 12.5 Å². The van der Waals surface area contributed by atoms with Gasteiger partial charge in [-0.05, 0) is 43.7 Å². The molecule has 0 aliphatic rings. The maximum Gasteiger partial charge on any atom is 0.293 e. The lowest BCUT2D eigenvalue weighted by molar-refractivity contribution is 0.0960. The molecule has 0 aliphatic heterocycles. The number of hydrogen-bond acceptors (Lipinski definition) is 3. The Labute approximate surface area is 112 Å². The third-order valence-electron chi connectivity index (χ3n) is 2.95. The van der Waals surface area contributed by atoms with E-state index in [1.54, 1.807) is 17.0 Å². The molecule has 0 bridgehead atoms. The van der Waals surface area contributed by atoms with E-state index < -0.39 is 0 Å². The van der Waals surface area contributed by atoms with Crippen LogP contribution in [-0.2, 0) is 6.54 Å². The summed E-state index contributed by atoms with van der Waals surface area (Å²) in [6, 6.07) is 11.2. The minimum Gasteiger partial charge on any atom is -0.455 e. The van der Waals surface area contributed by atoms with E-state index in [-0.39, 0.29) is 5.91 Å². The molecule has 0 atom stereocenters. The Morgan fingerprint density at radius 1 is 1.32 bits per heavy atom. The molecule has 4 heteroatoms. The molecule has 1 aromatic heterocycles. The highest BCUT2D eigenvalue weighted by atomic mass is 16.4. The zero-order chi connectivity index (χ0) is 13.8. The number of benzene rings is 1. The third kappa shape index (κ3) is 2.85. The zero-order valence-corrected chi connectivity index (χ0v) is 11.2. The normalized spacial score (nSPS) is 10.5. The Morgan fingerprint density at radius 2 is 2.11 bits per heavy atom. The highest BCUT2D eigenvalue weighted by molar-refractivity contribution is 6.04. The van der Waals surface area contributed by atoms with Crippen LogP contribution in [0, 0.1) is 6.92 Å². The average molecular weight is 258 g/mol. The lowest BCUT2D eigenvalue weighted by atomic mass is 10.2. The Morgan fingerprint density at radius 3 is 2.68 bits per heavy atom. The van der Waals surface area contributed by atoms with Crippen molar-refractivity contribution in [1.29, 1.82) is 0 Å². The summed E-state index contributed by atoms with van der Waals surface area (Å²) in [5.41, 5.74) is 7.47. The number of nitrogens with two attached hydrogens (primary N) is 1. The fraction of sp³-hybridized carbons (Fsp3) is 0.267. The van der Waals surface area contributed by atoms with Crippen molar-refractivity contribution in [3.05, 3.63) is 53.5 Å². The van der Waals surface area contributed by atoms with E-state index in [9.17, 15) is 4.79 Å². The van der Waals surface area contributed by atoms with Crippen molar-refractivity contribution in [2.24, 2.45) is 5.73 Å². The average Bonchev–Trinajstić information content (AvgIpc) is 2.88. The first-order chi connectivity index (χ1) is 9.15. The van der Waals surface area contributed by atoms with E-state index >= 15 is 0 Å². The molecule has 2 N–H and O–H groups in total. The summed E-state index contributed by atoms with van der Waals surface area (Å²) in [6.07, 6.45) is 0. The van der Waals surface area contributed by atoms with Gasteiger partial charge in [0.25, 0.3) is 5.91 Å². The maximum atomic E-state index is 12.4. The van der Waals surface area contributed by atoms with Crippen LogP contribution in [0.3, 0.4) is 0 Å². The van der Waals surface area contributed by atoms with Gasteiger partial charge in [-0.3, -0.25) is 4.79 Å². The van der Waals surface area contributed by atoms with Crippen LogP contribution in [0.1, 0.15) is 28.8 Å². The molecule has 0 unspecified atom stereocenters. The van der Waals surface area contributed by atoms with Gasteiger partial charge in [0, 0.05) is 12.2 Å². The number of carbonyl (C=O) groups is 1. The molecule has 0 saturated carbocycles. The molecule has 2 aromatic rings. The van der Waals surface area contributed by atoms with E-state index in [0.717, 1.165) is 11.3 Å². The Kier molecular flexibility index (Phi) is 4.02. The SMILES string of the molecule is CCN(C(=O)c1ccc(CN)o1)c1cccc(C)c1. The van der Waals surface area contributed by atoms with Crippen molar-refractivity contribution >= 4 is 11.6 Å². The van der Waals surface area contributed by atoms with Crippen molar-refractivity contribution in [1.82, 2.24) is 0 Å². The number of hydrogen-bond donors (Lipinski definition) is 1. The molecule has 0 radical (unpaired) electrons. The minimum atomic E-state index is -0.146. The first-order valence-electron chi connectivity index (χ1n) is 6.33. The number of anilines is 1. The van der Waals surface area contributed by atoms with E-state index in [1.807, 2.05) is 38.1 Å². The number of amides is 1. The van der Waals surface area contributed by atoms with Crippen LogP contribution in [0.4, 0.5) is 5.69 Å². The topological polar surface area (TPSA) is 59.5 Å². The van der Waals surface area contributed by atoms with E-state index in [4.69, 9.17) is 10.2 Å². The Hall–Kier alpha value is -2.07. The number of furan rings is 1. The van der Waals surface area contributed by atoms with Gasteiger partial charge in [-0.2, -0.15) is 0 Å². The van der Waals surface area contributed by atoms with Crippen molar-refractivity contribution in [2.75, 3.05) is 11.4 Å². The molecular weight excluding hydrogens is 240 g/mol. The molecule has 19 heavy (non-hydrogen) atoms. The van der Waals surface area contributed by atoms with Crippen molar-refractivity contribution < 1.29 is 9.21 Å². The summed E-state index contributed by atoms with van der Waals surface area (Å²) in [5, 5.41) is 0. The minimum absolute atomic E-state index is 0.146. The highest BCUT2D eigenvalue weighted by Crippen LogP contribution is 2.19. The molecule has 2 rings (SSSR count). The molecule has 1 aromatic carbocycles. The van der Waals surface area contributed by atoms with Crippen LogP contribution >= 0.6 is 0 Å². The van der Waals surface area contributed by atoms with Crippen molar-refractivity contribution in [3.8, 4) is 0 Å². The fourth-order valence-corrected chi connectivity index (χ4v) is 1.97. The Bertz CT molecular complexity index is 575. The monoisotopic (exact) mass is 258 g/mol. The van der Waals surface area contributed by atoms with Crippen LogP contribution in [0.2, 0.25) is 0 Å². The number of aryl methyl sites for hydroxylation is 1. The van der Waals surface area contributed by atoms with Gasteiger partial charge in [-0.15, -0.1) is 0 Å². The number of rotatable bonds is 4. The van der Waals surface area contributed by atoms with Gasteiger partial charge in [0.2, 0.25) is 0 Å². The summed E-state index contributed by atoms with van der Waals surface area (Å²) in [7, 11) is 0. The summed E-state index contributed by atoms with van der Waals surface area (Å²) < 4.78 is 5.41. The number of nitrogens with zero attached hydrogens (tertiary/aromatic N) is 1.